The number of carbonyl (C=O) groups is 3. The van der Waals surface area contributed by atoms with Gasteiger partial charge in [-0.25, -0.2) is 29.4 Å². The van der Waals surface area contributed by atoms with Crippen LogP contribution in [0.5, 0.6) is 46.0 Å². The minimum absolute atomic E-state index is 0.0629. The molecule has 32 heteroatoms. The summed E-state index contributed by atoms with van der Waals surface area (Å²) in [4.78, 5) is 54.7. The van der Waals surface area contributed by atoms with Crippen molar-refractivity contribution in [2.75, 3.05) is 201 Å². The van der Waals surface area contributed by atoms with Gasteiger partial charge < -0.3 is 121 Å². The summed E-state index contributed by atoms with van der Waals surface area (Å²) in [7, 11) is 10.2. The van der Waals surface area contributed by atoms with Crippen molar-refractivity contribution in [3.63, 3.8) is 0 Å². The molecule has 566 valence electrons. The third kappa shape index (κ3) is 26.5. The summed E-state index contributed by atoms with van der Waals surface area (Å²) in [6, 6.07) is 19.8. The second kappa shape index (κ2) is 42.6. The van der Waals surface area contributed by atoms with Gasteiger partial charge in [0.2, 0.25) is 11.8 Å². The molecule has 0 fully saturated rings. The number of hydrogen-bond acceptors (Lipinski definition) is 29. The Labute approximate surface area is 593 Å². The lowest BCUT2D eigenvalue weighted by atomic mass is 10.1. The second-order valence-electron chi connectivity index (χ2n) is 24.2. The maximum Gasteiger partial charge on any atom is 0.335 e. The average molecular weight is 1440 g/mol. The van der Waals surface area contributed by atoms with E-state index in [-0.39, 0.29) is 95.9 Å². The Morgan fingerprint density at radius 3 is 1.18 bits per heavy atom. The summed E-state index contributed by atoms with van der Waals surface area (Å²) < 4.78 is 84.4. The number of likely N-dealkylation sites (N-methyl/N-ethyl adjacent to an activating group) is 2. The molecule has 3 atom stereocenters. The number of ether oxygens (including phenoxy) is 16. The zero-order valence-corrected chi connectivity index (χ0v) is 60.0. The number of aromatic hydroxyl groups is 4. The molecule has 102 heavy (non-hydrogen) atoms. The fraction of sp³-hybridized carbons (Fsp3) is 0.557. The number of amidine groups is 2. The highest BCUT2D eigenvalue weighted by atomic mass is 16.6. The summed E-state index contributed by atoms with van der Waals surface area (Å²) in [5.41, 5.74) is -2.37. The number of para-hydroxylation sites is 2. The fourth-order valence-electron chi connectivity index (χ4n) is 9.56. The molecule has 4 aliphatic rings. The Kier molecular flexibility index (Phi) is 35.0. The van der Waals surface area contributed by atoms with E-state index in [4.69, 9.17) is 86.0 Å². The normalized spacial score (nSPS) is 18.5. The number of phenolic OH excluding ortho intramolecular Hbond substituents is 4. The zero-order valence-electron chi connectivity index (χ0n) is 60.0. The highest BCUT2D eigenvalue weighted by Crippen LogP contribution is 2.36. The fourth-order valence-corrected chi connectivity index (χ4v) is 9.56. The Balaban J connectivity index is 0.000000245. The smallest absolute Gasteiger partial charge is 0.335 e. The minimum Gasteiger partial charge on any atom is -0.507 e. The molecular weight excluding hydrogens is 1340 g/mol. The van der Waals surface area contributed by atoms with Gasteiger partial charge in [0, 0.05) is 55.1 Å². The number of nitrogens with zero attached hydrogens (tertiary/aromatic N) is 6. The number of aliphatic carboxylic acids is 3. The summed E-state index contributed by atoms with van der Waals surface area (Å²) in [6.07, 6.45) is 0. The van der Waals surface area contributed by atoms with E-state index in [1.807, 2.05) is 19.2 Å². The minimum atomic E-state index is -1.35. The topological polar surface area (TPSA) is 396 Å². The van der Waals surface area contributed by atoms with E-state index in [1.165, 1.54) is 19.9 Å². The van der Waals surface area contributed by atoms with Gasteiger partial charge in [-0.1, -0.05) is 12.1 Å². The predicted octanol–water partition coefficient (Wildman–Crippen LogP) is 5.02. The van der Waals surface area contributed by atoms with Gasteiger partial charge >= 0.3 is 17.9 Å². The highest BCUT2D eigenvalue weighted by Gasteiger charge is 2.43. The van der Waals surface area contributed by atoms with Gasteiger partial charge in [-0.2, -0.15) is 0 Å². The van der Waals surface area contributed by atoms with Crippen molar-refractivity contribution in [3.05, 3.63) is 95.1 Å². The van der Waals surface area contributed by atoms with Crippen molar-refractivity contribution < 1.29 is 126 Å². The van der Waals surface area contributed by atoms with Crippen LogP contribution in [0.2, 0.25) is 0 Å². The van der Waals surface area contributed by atoms with Gasteiger partial charge in [-0.15, -0.1) is 0 Å². The van der Waals surface area contributed by atoms with Crippen LogP contribution in [0.15, 0.2) is 92.8 Å². The van der Waals surface area contributed by atoms with Crippen molar-refractivity contribution in [1.29, 1.82) is 0 Å². The average Bonchev–Trinajstić information content (AvgIpc) is 1.65. The monoisotopic (exact) mass is 1440 g/mol. The molecule has 0 saturated heterocycles. The maximum atomic E-state index is 11.4. The Bertz CT molecular complexity index is 3360. The summed E-state index contributed by atoms with van der Waals surface area (Å²) >= 11 is 0. The molecule has 4 aliphatic heterocycles. The lowest BCUT2D eigenvalue weighted by Crippen LogP contribution is -2.38. The van der Waals surface area contributed by atoms with E-state index < -0.39 is 34.5 Å². The van der Waals surface area contributed by atoms with Gasteiger partial charge in [0.25, 0.3) is 0 Å². The molecule has 4 aromatic rings. The Hall–Kier alpha value is -8.83. The number of rotatable bonds is 41. The first-order valence-corrected chi connectivity index (χ1v) is 32.8. The molecule has 0 aliphatic carbocycles. The van der Waals surface area contributed by atoms with Gasteiger partial charge in [0.15, 0.2) is 39.6 Å². The number of methoxy groups -OCH3 is 4. The first-order valence-electron chi connectivity index (χ1n) is 32.8. The van der Waals surface area contributed by atoms with E-state index in [2.05, 4.69) is 38.7 Å². The SMILES string of the molecule is COCCOCCOCCOc1ccc(C2=NC(C)(C)CN2C)c(O)c1.COCCOCCOCCOc1cccc(C2=N[C@@](C)(C(=O)O)CN2C)c1O.COCCOCCOc1ccc(O)c(C2=N[C@@](C)(C(=O)O)CO2)c1.COCCOCCOc1cccc(C2=N[C@@](C)(C(=O)O)CO2)c1O. The van der Waals surface area contributed by atoms with E-state index in [1.54, 1.807) is 102 Å². The first kappa shape index (κ1) is 83.8. The number of hydrogen-bond donors (Lipinski definition) is 7. The van der Waals surface area contributed by atoms with Crippen LogP contribution < -0.4 is 18.9 Å². The van der Waals surface area contributed by atoms with Crippen LogP contribution in [0.3, 0.4) is 0 Å². The first-order chi connectivity index (χ1) is 48.7. The molecule has 0 aromatic heterocycles. The largest absolute Gasteiger partial charge is 0.507 e. The molecule has 0 saturated carbocycles. The van der Waals surface area contributed by atoms with Gasteiger partial charge in [0.05, 0.1) is 140 Å². The maximum absolute atomic E-state index is 11.4. The Morgan fingerprint density at radius 1 is 0.402 bits per heavy atom. The summed E-state index contributed by atoms with van der Waals surface area (Å²) in [5, 5.41) is 68.9. The zero-order chi connectivity index (χ0) is 74.7. The van der Waals surface area contributed by atoms with Gasteiger partial charge in [-0.05, 0) is 89.2 Å². The Morgan fingerprint density at radius 2 is 0.775 bits per heavy atom. The van der Waals surface area contributed by atoms with E-state index in [0.717, 1.165) is 17.9 Å². The second-order valence-corrected chi connectivity index (χ2v) is 24.2. The lowest BCUT2D eigenvalue weighted by Gasteiger charge is -2.18. The molecule has 7 N–H and O–H groups in total. The number of aliphatic imine (C=N–C) groups is 4. The molecule has 0 radical (unpaired) electrons. The molecular formula is C70H100N6O26. The van der Waals surface area contributed by atoms with Crippen LogP contribution in [0.1, 0.15) is 56.9 Å². The number of carboxylic acids is 3. The molecule has 32 nitrogen and oxygen atoms in total. The molecule has 0 bridgehead atoms. The van der Waals surface area contributed by atoms with Crippen molar-refractivity contribution in [2.24, 2.45) is 20.0 Å². The van der Waals surface area contributed by atoms with E-state index >= 15 is 0 Å². The molecule has 0 spiro atoms. The number of phenols is 4. The summed E-state index contributed by atoms with van der Waals surface area (Å²) in [6.45, 7) is 18.4. The van der Waals surface area contributed by atoms with Crippen molar-refractivity contribution in [1.82, 2.24) is 9.80 Å². The highest BCUT2D eigenvalue weighted by molar-refractivity contribution is 6.06. The molecule has 0 amide bonds. The third-order valence-electron chi connectivity index (χ3n) is 15.0. The standard InChI is InChI=1S/C19H28N2O7.C19H30N2O5.2C16H21NO7/c1-19(18(23)24)13-21(2)17(20-19)14-5-4-6-15(16(14)22)28-12-11-27-10-9-26-8-7-25-3;1-19(2)14-21(3)18(20-19)16-6-5-15(13-17(16)22)26-12-11-25-10-9-24-8-7-23-4;1-16(15(19)20)10-24-14(17-16)12-9-11(3-4-13(12)18)23-8-7-22-6-5-21-2;1-16(15(19)20)10-24-14(17-16)11-4-3-5-12(13(11)18)23-9-8-22-7-6-21-2/h4-6,22H,7-13H2,1-3H3,(H,23,24);5-6,13,22H,7-12,14H2,1-4H3;3-4,9,18H,5-8,10H2,1-2H3,(H,19,20);3-5,18H,6-10H2,1-2H3,(H,19,20)/t19-;;2*16-/m1.11/s1. The van der Waals surface area contributed by atoms with Crippen molar-refractivity contribution in [3.8, 4) is 46.0 Å². The van der Waals surface area contributed by atoms with Gasteiger partial charge in [-0.3, -0.25) is 4.99 Å². The molecule has 0 unspecified atom stereocenters. The van der Waals surface area contributed by atoms with E-state index in [0.29, 0.717) is 142 Å². The molecule has 8 rings (SSSR count). The quantitative estimate of drug-likeness (QED) is 0.0287. The molecule has 4 heterocycles. The van der Waals surface area contributed by atoms with Crippen LogP contribution in [0, 0.1) is 0 Å². The summed E-state index contributed by atoms with van der Waals surface area (Å²) in [5.74, 6) is -0.291. The number of benzene rings is 4. The predicted molar refractivity (Wildman–Crippen MR) is 372 cm³/mol. The van der Waals surface area contributed by atoms with Crippen LogP contribution in [0.25, 0.3) is 0 Å². The van der Waals surface area contributed by atoms with Crippen LogP contribution >= 0.6 is 0 Å². The van der Waals surface area contributed by atoms with Gasteiger partial charge in [0.1, 0.15) is 74.3 Å². The lowest BCUT2D eigenvalue weighted by molar-refractivity contribution is -0.143. The number of carboxylic acid groups (broad SMARTS) is 3. The van der Waals surface area contributed by atoms with Crippen LogP contribution in [0.4, 0.5) is 0 Å². The van der Waals surface area contributed by atoms with Crippen LogP contribution in [-0.4, -0.2) is 310 Å². The van der Waals surface area contributed by atoms with Crippen molar-refractivity contribution >= 4 is 41.4 Å². The van der Waals surface area contributed by atoms with Crippen LogP contribution in [-0.2, 0) is 71.2 Å². The van der Waals surface area contributed by atoms with E-state index in [9.17, 15) is 39.9 Å². The molecule has 4 aromatic carbocycles. The van der Waals surface area contributed by atoms with Crippen molar-refractivity contribution in [2.45, 2.75) is 56.8 Å². The third-order valence-corrected chi connectivity index (χ3v) is 15.0.